The van der Waals surface area contributed by atoms with Crippen molar-refractivity contribution in [2.45, 2.75) is 32.1 Å². The summed E-state index contributed by atoms with van der Waals surface area (Å²) in [5.74, 6) is 1.41. The molecule has 0 spiro atoms. The zero-order valence-electron chi connectivity index (χ0n) is 11.3. The van der Waals surface area contributed by atoms with Crippen molar-refractivity contribution < 1.29 is 4.92 Å². The molecule has 2 N–H and O–H groups in total. The van der Waals surface area contributed by atoms with Crippen molar-refractivity contribution in [3.63, 3.8) is 0 Å². The molecule has 2 fully saturated rings. The number of nitro benzene ring substituents is 1. The molecular weight excluding hydrogens is 276 g/mol. The minimum absolute atomic E-state index is 0.0570. The number of benzene rings is 1. The number of rotatable bonds is 4. The van der Waals surface area contributed by atoms with E-state index < -0.39 is 0 Å². The molecule has 0 heterocycles. The zero-order valence-corrected chi connectivity index (χ0v) is 12.1. The summed E-state index contributed by atoms with van der Waals surface area (Å²) in [7, 11) is 0. The van der Waals surface area contributed by atoms with Crippen LogP contribution in [0.2, 0.25) is 5.02 Å². The van der Waals surface area contributed by atoms with Gasteiger partial charge in [0.05, 0.1) is 4.92 Å². The van der Waals surface area contributed by atoms with E-state index in [0.717, 1.165) is 17.9 Å². The summed E-state index contributed by atoms with van der Waals surface area (Å²) in [6.45, 7) is 0.619. The van der Waals surface area contributed by atoms with Gasteiger partial charge in [-0.05, 0) is 55.5 Å². The zero-order chi connectivity index (χ0) is 14.3. The highest BCUT2D eigenvalue weighted by atomic mass is 35.5. The average Bonchev–Trinajstić information content (AvgIpc) is 3.01. The number of halogens is 1. The van der Waals surface area contributed by atoms with Gasteiger partial charge in [-0.25, -0.2) is 0 Å². The number of hydrogen-bond acceptors (Lipinski definition) is 3. The number of nitrogens with zero attached hydrogens (tertiary/aromatic N) is 1. The van der Waals surface area contributed by atoms with Crippen LogP contribution < -0.4 is 5.73 Å². The van der Waals surface area contributed by atoms with Crippen molar-refractivity contribution >= 4 is 17.3 Å². The second-order valence-electron chi connectivity index (χ2n) is 6.35. The molecule has 5 heteroatoms. The fourth-order valence-corrected chi connectivity index (χ4v) is 4.50. The molecule has 0 radical (unpaired) electrons. The van der Waals surface area contributed by atoms with Crippen molar-refractivity contribution in [3.8, 4) is 0 Å². The molecule has 3 unspecified atom stereocenters. The van der Waals surface area contributed by atoms with Crippen molar-refractivity contribution in [2.24, 2.45) is 23.0 Å². The van der Waals surface area contributed by atoms with Gasteiger partial charge in [0, 0.05) is 16.7 Å². The van der Waals surface area contributed by atoms with Crippen LogP contribution in [-0.2, 0) is 6.42 Å². The van der Waals surface area contributed by atoms with E-state index in [1.807, 2.05) is 0 Å². The topological polar surface area (TPSA) is 69.2 Å². The van der Waals surface area contributed by atoms with Crippen LogP contribution in [0.3, 0.4) is 0 Å². The largest absolute Gasteiger partial charge is 0.330 e. The van der Waals surface area contributed by atoms with Crippen LogP contribution in [0.4, 0.5) is 5.69 Å². The molecule has 20 heavy (non-hydrogen) atoms. The van der Waals surface area contributed by atoms with E-state index in [4.69, 9.17) is 17.3 Å². The highest BCUT2D eigenvalue weighted by molar-refractivity contribution is 6.30. The highest BCUT2D eigenvalue weighted by Gasteiger charge is 2.50. The Kier molecular flexibility index (Phi) is 3.46. The van der Waals surface area contributed by atoms with Crippen LogP contribution in [0, 0.1) is 27.4 Å². The van der Waals surface area contributed by atoms with Crippen LogP contribution in [0.25, 0.3) is 0 Å². The third kappa shape index (κ3) is 2.21. The first-order chi connectivity index (χ1) is 9.54. The fraction of sp³-hybridized carbons (Fsp3) is 0.600. The van der Waals surface area contributed by atoms with Crippen LogP contribution in [-0.4, -0.2) is 11.5 Å². The average molecular weight is 295 g/mol. The minimum Gasteiger partial charge on any atom is -0.330 e. The second kappa shape index (κ2) is 5.01. The standard InChI is InChI=1S/C15H19ClN2O2/c16-13-4-2-11(14(6-13)18(19)20)8-15(9-17)7-10-1-3-12(15)5-10/h2,4,6,10,12H,1,3,5,7-9,17H2. The van der Waals surface area contributed by atoms with E-state index in [0.29, 0.717) is 23.9 Å². The van der Waals surface area contributed by atoms with Crippen LogP contribution in [0.15, 0.2) is 18.2 Å². The molecular formula is C15H19ClN2O2. The van der Waals surface area contributed by atoms with E-state index >= 15 is 0 Å². The molecule has 2 bridgehead atoms. The third-order valence-corrected chi connectivity index (χ3v) is 5.53. The van der Waals surface area contributed by atoms with Gasteiger partial charge in [0.15, 0.2) is 0 Å². The quantitative estimate of drug-likeness (QED) is 0.682. The maximum atomic E-state index is 11.2. The van der Waals surface area contributed by atoms with E-state index in [1.165, 1.54) is 25.3 Å². The Bertz CT molecular complexity index is 549. The summed E-state index contributed by atoms with van der Waals surface area (Å²) < 4.78 is 0. The van der Waals surface area contributed by atoms with Gasteiger partial charge in [-0.3, -0.25) is 10.1 Å². The summed E-state index contributed by atoms with van der Waals surface area (Å²) in [5.41, 5.74) is 7.03. The first-order valence-corrected chi connectivity index (χ1v) is 7.55. The molecule has 0 aromatic heterocycles. The molecule has 2 saturated carbocycles. The molecule has 3 atom stereocenters. The second-order valence-corrected chi connectivity index (χ2v) is 6.79. The van der Waals surface area contributed by atoms with Crippen LogP contribution in [0.5, 0.6) is 0 Å². The van der Waals surface area contributed by atoms with Crippen molar-refractivity contribution in [1.82, 2.24) is 0 Å². The van der Waals surface area contributed by atoms with Crippen LogP contribution >= 0.6 is 11.6 Å². The number of fused-ring (bicyclic) bond motifs is 2. The summed E-state index contributed by atoms with van der Waals surface area (Å²) in [6.07, 6.45) is 5.60. The lowest BCUT2D eigenvalue weighted by atomic mass is 9.69. The van der Waals surface area contributed by atoms with E-state index in [2.05, 4.69) is 0 Å². The molecule has 0 saturated heterocycles. The Morgan fingerprint density at radius 3 is 2.80 bits per heavy atom. The molecule has 3 rings (SSSR count). The first-order valence-electron chi connectivity index (χ1n) is 7.17. The minimum atomic E-state index is -0.335. The van der Waals surface area contributed by atoms with E-state index in [-0.39, 0.29) is 16.0 Å². The molecule has 4 nitrogen and oxygen atoms in total. The Morgan fingerprint density at radius 2 is 2.25 bits per heavy atom. The Morgan fingerprint density at radius 1 is 1.45 bits per heavy atom. The van der Waals surface area contributed by atoms with Gasteiger partial charge < -0.3 is 5.73 Å². The molecule has 2 aliphatic rings. The Hall–Kier alpha value is -1.13. The summed E-state index contributed by atoms with van der Waals surface area (Å²) in [4.78, 5) is 10.9. The van der Waals surface area contributed by atoms with E-state index in [9.17, 15) is 10.1 Å². The lowest BCUT2D eigenvalue weighted by molar-refractivity contribution is -0.385. The summed E-state index contributed by atoms with van der Waals surface area (Å²) in [6, 6.07) is 4.99. The number of nitrogens with two attached hydrogens (primary N) is 1. The lowest BCUT2D eigenvalue weighted by Gasteiger charge is -2.36. The Balaban J connectivity index is 1.92. The summed E-state index contributed by atoms with van der Waals surface area (Å²) in [5, 5.41) is 11.6. The van der Waals surface area contributed by atoms with Gasteiger partial charge in [0.1, 0.15) is 0 Å². The van der Waals surface area contributed by atoms with Crippen molar-refractivity contribution in [1.29, 1.82) is 0 Å². The molecule has 1 aromatic carbocycles. The molecule has 2 aliphatic carbocycles. The van der Waals surface area contributed by atoms with Crippen LogP contribution in [0.1, 0.15) is 31.2 Å². The maximum Gasteiger partial charge on any atom is 0.274 e. The van der Waals surface area contributed by atoms with Crippen molar-refractivity contribution in [3.05, 3.63) is 38.9 Å². The third-order valence-electron chi connectivity index (χ3n) is 5.30. The number of hydrogen-bond donors (Lipinski definition) is 1. The van der Waals surface area contributed by atoms with Gasteiger partial charge in [-0.15, -0.1) is 0 Å². The Labute approximate surface area is 123 Å². The molecule has 0 amide bonds. The number of nitro groups is 1. The summed E-state index contributed by atoms with van der Waals surface area (Å²) >= 11 is 5.88. The lowest BCUT2D eigenvalue weighted by Crippen LogP contribution is -2.38. The van der Waals surface area contributed by atoms with Gasteiger partial charge in [0.25, 0.3) is 5.69 Å². The van der Waals surface area contributed by atoms with Gasteiger partial charge in [-0.1, -0.05) is 24.1 Å². The van der Waals surface area contributed by atoms with Gasteiger partial charge in [0.2, 0.25) is 0 Å². The van der Waals surface area contributed by atoms with Gasteiger partial charge >= 0.3 is 0 Å². The van der Waals surface area contributed by atoms with E-state index in [1.54, 1.807) is 12.1 Å². The smallest absolute Gasteiger partial charge is 0.274 e. The van der Waals surface area contributed by atoms with Crippen molar-refractivity contribution in [2.75, 3.05) is 6.54 Å². The highest BCUT2D eigenvalue weighted by Crippen LogP contribution is 2.57. The molecule has 1 aromatic rings. The predicted molar refractivity (Wildman–Crippen MR) is 78.7 cm³/mol. The SMILES string of the molecule is NCC1(Cc2ccc(Cl)cc2[N+](=O)[O-])CC2CCC1C2. The molecule has 0 aliphatic heterocycles. The first kappa shape index (κ1) is 13.8. The van der Waals surface area contributed by atoms with Gasteiger partial charge in [-0.2, -0.15) is 0 Å². The fourth-order valence-electron chi connectivity index (χ4n) is 4.33. The normalized spacial score (nSPS) is 31.7. The molecule has 108 valence electrons. The maximum absolute atomic E-state index is 11.2. The predicted octanol–water partition coefficient (Wildman–Crippen LogP) is 3.56. The monoisotopic (exact) mass is 294 g/mol.